The van der Waals surface area contributed by atoms with Gasteiger partial charge in [-0.1, -0.05) is 48.5 Å². The number of hydrogen-bond donors (Lipinski definition) is 1. The van der Waals surface area contributed by atoms with E-state index in [0.717, 1.165) is 6.42 Å². The predicted molar refractivity (Wildman–Crippen MR) is 79.6 cm³/mol. The molecule has 1 nitrogen and oxygen atoms in total. The maximum Gasteiger partial charge on any atom is 0.0471 e. The number of rotatable bonds is 4. The maximum absolute atomic E-state index is 9.40. The van der Waals surface area contributed by atoms with Gasteiger partial charge in [-0.25, -0.2) is 0 Å². The minimum atomic E-state index is 0.157. The minimum absolute atomic E-state index is 0.157. The summed E-state index contributed by atoms with van der Waals surface area (Å²) in [5, 5.41) is 9.40. The zero-order chi connectivity index (χ0) is 13.2. The van der Waals surface area contributed by atoms with E-state index in [2.05, 4.69) is 48.5 Å². The van der Waals surface area contributed by atoms with Crippen molar-refractivity contribution >= 4 is 11.6 Å². The first-order chi connectivity index (χ1) is 9.35. The Kier molecular flexibility index (Phi) is 3.58. The first kappa shape index (κ1) is 12.7. The van der Waals surface area contributed by atoms with Crippen LogP contribution in [0.5, 0.6) is 0 Å². The van der Waals surface area contributed by atoms with Crippen molar-refractivity contribution in [3.63, 3.8) is 0 Å². The Labute approximate surface area is 118 Å². The number of halogens is 1. The molecule has 0 bridgehead atoms. The molecule has 3 rings (SSSR count). The van der Waals surface area contributed by atoms with Gasteiger partial charge in [0, 0.05) is 18.4 Å². The van der Waals surface area contributed by atoms with Crippen molar-refractivity contribution in [2.75, 3.05) is 12.5 Å². The van der Waals surface area contributed by atoms with Crippen molar-refractivity contribution in [3.8, 4) is 11.1 Å². The van der Waals surface area contributed by atoms with Crippen molar-refractivity contribution in [2.24, 2.45) is 5.92 Å². The lowest BCUT2D eigenvalue weighted by Gasteiger charge is -2.18. The molecule has 1 aliphatic rings. The highest BCUT2D eigenvalue weighted by molar-refractivity contribution is 6.18. The van der Waals surface area contributed by atoms with Crippen LogP contribution in [0, 0.1) is 5.92 Å². The molecule has 2 aromatic carbocycles. The lowest BCUT2D eigenvalue weighted by atomic mass is 9.88. The number of aliphatic hydroxyl groups excluding tert-OH is 1. The van der Waals surface area contributed by atoms with E-state index >= 15 is 0 Å². The van der Waals surface area contributed by atoms with Gasteiger partial charge in [0.1, 0.15) is 0 Å². The standard InChI is InChI=1S/C17H17ClO/c18-10-12(11-19)9-17-15-7-3-1-5-13(15)14-6-2-4-8-16(14)17/h1-8,12,17,19H,9-11H2/t12-/m0/s1. The Morgan fingerprint density at radius 2 is 1.47 bits per heavy atom. The summed E-state index contributed by atoms with van der Waals surface area (Å²) in [6.07, 6.45) is 0.911. The summed E-state index contributed by atoms with van der Waals surface area (Å²) >= 11 is 5.94. The Hall–Kier alpha value is -1.31. The summed E-state index contributed by atoms with van der Waals surface area (Å²) in [6.45, 7) is 0.157. The second kappa shape index (κ2) is 5.36. The third-order valence-corrected chi connectivity index (χ3v) is 4.44. The summed E-state index contributed by atoms with van der Waals surface area (Å²) in [5.41, 5.74) is 5.39. The molecule has 19 heavy (non-hydrogen) atoms. The van der Waals surface area contributed by atoms with Gasteiger partial charge in [0.15, 0.2) is 0 Å². The molecule has 98 valence electrons. The van der Waals surface area contributed by atoms with E-state index in [1.807, 2.05) is 0 Å². The average molecular weight is 273 g/mol. The molecule has 0 spiro atoms. The molecule has 2 aromatic rings. The number of hydrogen-bond acceptors (Lipinski definition) is 1. The van der Waals surface area contributed by atoms with Gasteiger partial charge in [-0.2, -0.15) is 0 Å². The van der Waals surface area contributed by atoms with Crippen LogP contribution in [0.25, 0.3) is 11.1 Å². The van der Waals surface area contributed by atoms with E-state index in [0.29, 0.717) is 11.8 Å². The fraction of sp³-hybridized carbons (Fsp3) is 0.294. The molecule has 0 saturated carbocycles. The molecule has 1 N–H and O–H groups in total. The third-order valence-electron chi connectivity index (χ3n) is 4.01. The molecule has 0 aromatic heterocycles. The monoisotopic (exact) mass is 272 g/mol. The van der Waals surface area contributed by atoms with Crippen LogP contribution < -0.4 is 0 Å². The van der Waals surface area contributed by atoms with E-state index < -0.39 is 0 Å². The summed E-state index contributed by atoms with van der Waals surface area (Å²) < 4.78 is 0. The van der Waals surface area contributed by atoms with Crippen molar-refractivity contribution < 1.29 is 5.11 Å². The first-order valence-corrected chi connectivity index (χ1v) is 7.23. The van der Waals surface area contributed by atoms with E-state index in [-0.39, 0.29) is 12.5 Å². The fourth-order valence-electron chi connectivity index (χ4n) is 3.03. The molecule has 0 aliphatic heterocycles. The minimum Gasteiger partial charge on any atom is -0.396 e. The number of fused-ring (bicyclic) bond motifs is 3. The Morgan fingerprint density at radius 1 is 0.947 bits per heavy atom. The molecule has 0 fully saturated rings. The Balaban J connectivity index is 2.04. The summed E-state index contributed by atoms with van der Waals surface area (Å²) in [7, 11) is 0. The van der Waals surface area contributed by atoms with Gasteiger partial charge in [0.25, 0.3) is 0 Å². The topological polar surface area (TPSA) is 20.2 Å². The molecule has 0 heterocycles. The lowest BCUT2D eigenvalue weighted by molar-refractivity contribution is 0.229. The SMILES string of the molecule is OC[C@H](CCl)CC1c2ccccc2-c2ccccc21. The molecule has 0 unspecified atom stereocenters. The van der Waals surface area contributed by atoms with Crippen molar-refractivity contribution in [1.29, 1.82) is 0 Å². The van der Waals surface area contributed by atoms with Crippen LogP contribution in [0.1, 0.15) is 23.5 Å². The molecule has 1 aliphatic carbocycles. The summed E-state index contributed by atoms with van der Waals surface area (Å²) in [5.74, 6) is 1.03. The Morgan fingerprint density at radius 3 is 1.95 bits per heavy atom. The Bertz CT molecular complexity index is 529. The second-order valence-electron chi connectivity index (χ2n) is 5.17. The number of benzene rings is 2. The second-order valence-corrected chi connectivity index (χ2v) is 5.47. The third kappa shape index (κ3) is 2.18. The normalized spacial score (nSPS) is 15.1. The predicted octanol–water partition coefficient (Wildman–Crippen LogP) is 4.04. The highest BCUT2D eigenvalue weighted by Gasteiger charge is 2.29. The van der Waals surface area contributed by atoms with Crippen LogP contribution in [-0.4, -0.2) is 17.6 Å². The van der Waals surface area contributed by atoms with E-state index in [9.17, 15) is 5.11 Å². The van der Waals surface area contributed by atoms with Crippen LogP contribution >= 0.6 is 11.6 Å². The smallest absolute Gasteiger partial charge is 0.0471 e. The highest BCUT2D eigenvalue weighted by Crippen LogP contribution is 2.47. The molecule has 2 heteroatoms. The zero-order valence-corrected chi connectivity index (χ0v) is 11.5. The van der Waals surface area contributed by atoms with Crippen LogP contribution in [0.2, 0.25) is 0 Å². The molecule has 0 radical (unpaired) electrons. The lowest BCUT2D eigenvalue weighted by Crippen LogP contribution is -2.12. The summed E-state index contributed by atoms with van der Waals surface area (Å²) in [4.78, 5) is 0. The van der Waals surface area contributed by atoms with Crippen molar-refractivity contribution in [2.45, 2.75) is 12.3 Å². The van der Waals surface area contributed by atoms with E-state index in [1.165, 1.54) is 22.3 Å². The van der Waals surface area contributed by atoms with Gasteiger partial charge in [0.2, 0.25) is 0 Å². The van der Waals surface area contributed by atoms with Gasteiger partial charge in [0.05, 0.1) is 0 Å². The molecular formula is C17H17ClO. The van der Waals surface area contributed by atoms with Gasteiger partial charge >= 0.3 is 0 Å². The molecular weight excluding hydrogens is 256 g/mol. The van der Waals surface area contributed by atoms with E-state index in [4.69, 9.17) is 11.6 Å². The van der Waals surface area contributed by atoms with Gasteiger partial charge in [-0.3, -0.25) is 0 Å². The molecule has 0 saturated heterocycles. The number of aliphatic hydroxyl groups is 1. The number of alkyl halides is 1. The highest BCUT2D eigenvalue weighted by atomic mass is 35.5. The van der Waals surface area contributed by atoms with Crippen LogP contribution in [-0.2, 0) is 0 Å². The largest absolute Gasteiger partial charge is 0.396 e. The van der Waals surface area contributed by atoms with E-state index in [1.54, 1.807) is 0 Å². The van der Waals surface area contributed by atoms with Gasteiger partial charge in [-0.05, 0) is 34.6 Å². The zero-order valence-electron chi connectivity index (χ0n) is 10.7. The first-order valence-electron chi connectivity index (χ1n) is 6.70. The van der Waals surface area contributed by atoms with Crippen molar-refractivity contribution in [1.82, 2.24) is 0 Å². The summed E-state index contributed by atoms with van der Waals surface area (Å²) in [6, 6.07) is 17.1. The van der Waals surface area contributed by atoms with Gasteiger partial charge < -0.3 is 5.11 Å². The van der Waals surface area contributed by atoms with Gasteiger partial charge in [-0.15, -0.1) is 11.6 Å². The van der Waals surface area contributed by atoms with Crippen LogP contribution in [0.4, 0.5) is 0 Å². The maximum atomic E-state index is 9.40. The molecule has 0 amide bonds. The molecule has 1 atom stereocenters. The average Bonchev–Trinajstić information content (AvgIpc) is 2.79. The van der Waals surface area contributed by atoms with Crippen LogP contribution in [0.15, 0.2) is 48.5 Å². The fourth-order valence-corrected chi connectivity index (χ4v) is 3.26. The van der Waals surface area contributed by atoms with Crippen molar-refractivity contribution in [3.05, 3.63) is 59.7 Å². The van der Waals surface area contributed by atoms with Crippen LogP contribution in [0.3, 0.4) is 0 Å². The quantitative estimate of drug-likeness (QED) is 0.833.